The highest BCUT2D eigenvalue weighted by Gasteiger charge is 2.30. The molecule has 3 nitrogen and oxygen atoms in total. The second kappa shape index (κ2) is 7.15. The molecule has 0 spiro atoms. The molecule has 0 unspecified atom stereocenters. The summed E-state index contributed by atoms with van der Waals surface area (Å²) < 4.78 is 42.5. The van der Waals surface area contributed by atoms with E-state index in [1.54, 1.807) is 18.2 Å². The number of hydrogen-bond donors (Lipinski definition) is 0. The van der Waals surface area contributed by atoms with Gasteiger partial charge in [0.15, 0.2) is 0 Å². The Balaban J connectivity index is 2.86. The van der Waals surface area contributed by atoms with Crippen molar-refractivity contribution in [3.05, 3.63) is 29.3 Å². The lowest BCUT2D eigenvalue weighted by Gasteiger charge is -2.23. The summed E-state index contributed by atoms with van der Waals surface area (Å²) >= 11 is 0. The molecule has 0 aliphatic carbocycles. The first-order chi connectivity index (χ1) is 9.39. The van der Waals surface area contributed by atoms with E-state index in [4.69, 9.17) is 10.00 Å². The van der Waals surface area contributed by atoms with E-state index in [1.807, 2.05) is 13.0 Å². The molecule has 0 fully saturated rings. The van der Waals surface area contributed by atoms with Crippen LogP contribution in [0.1, 0.15) is 24.5 Å². The Hall–Kier alpha value is -1.74. The largest absolute Gasteiger partial charge is 0.495 e. The lowest BCUT2D eigenvalue weighted by molar-refractivity contribution is -0.147. The van der Waals surface area contributed by atoms with E-state index >= 15 is 0 Å². The number of nitrogens with zero attached hydrogens (tertiary/aromatic N) is 2. The predicted octanol–water partition coefficient (Wildman–Crippen LogP) is 3.34. The molecule has 0 aliphatic heterocycles. The first-order valence-corrected chi connectivity index (χ1v) is 6.25. The van der Waals surface area contributed by atoms with Crippen LogP contribution in [-0.2, 0) is 6.54 Å². The quantitative estimate of drug-likeness (QED) is 0.804. The number of ether oxygens (including phenoxy) is 1. The highest BCUT2D eigenvalue weighted by atomic mass is 19.4. The Bertz CT molecular complexity index is 480. The van der Waals surface area contributed by atoms with Gasteiger partial charge in [-0.25, -0.2) is 0 Å². The SMILES string of the molecule is CCCN(Cc1ccc(OC)c(C#N)c1)CC(F)(F)F. The minimum atomic E-state index is -4.22. The van der Waals surface area contributed by atoms with Crippen molar-refractivity contribution in [2.24, 2.45) is 0 Å². The Morgan fingerprint density at radius 1 is 1.35 bits per heavy atom. The number of benzene rings is 1. The van der Waals surface area contributed by atoms with Crippen LogP contribution in [0.15, 0.2) is 18.2 Å². The van der Waals surface area contributed by atoms with E-state index in [2.05, 4.69) is 0 Å². The summed E-state index contributed by atoms with van der Waals surface area (Å²) in [6.45, 7) is 1.40. The first kappa shape index (κ1) is 16.3. The van der Waals surface area contributed by atoms with Gasteiger partial charge in [0.25, 0.3) is 0 Å². The van der Waals surface area contributed by atoms with Crippen LogP contribution in [0.5, 0.6) is 5.75 Å². The summed E-state index contributed by atoms with van der Waals surface area (Å²) in [5.41, 5.74) is 0.994. The summed E-state index contributed by atoms with van der Waals surface area (Å²) in [6.07, 6.45) is -3.59. The van der Waals surface area contributed by atoms with Crippen molar-refractivity contribution >= 4 is 0 Å². The van der Waals surface area contributed by atoms with E-state index in [1.165, 1.54) is 12.0 Å². The zero-order chi connectivity index (χ0) is 15.2. The Morgan fingerprint density at radius 2 is 2.05 bits per heavy atom. The zero-order valence-corrected chi connectivity index (χ0v) is 11.5. The maximum absolute atomic E-state index is 12.5. The maximum atomic E-state index is 12.5. The van der Waals surface area contributed by atoms with Crippen LogP contribution in [0.2, 0.25) is 0 Å². The smallest absolute Gasteiger partial charge is 0.401 e. The van der Waals surface area contributed by atoms with Crippen molar-refractivity contribution in [1.82, 2.24) is 4.90 Å². The van der Waals surface area contributed by atoms with Gasteiger partial charge in [0.1, 0.15) is 11.8 Å². The fourth-order valence-corrected chi connectivity index (χ4v) is 1.98. The van der Waals surface area contributed by atoms with Gasteiger partial charge in [0.2, 0.25) is 0 Å². The van der Waals surface area contributed by atoms with Gasteiger partial charge in [-0.2, -0.15) is 18.4 Å². The van der Waals surface area contributed by atoms with Gasteiger partial charge in [-0.1, -0.05) is 13.0 Å². The molecule has 0 N–H and O–H groups in total. The number of hydrogen-bond acceptors (Lipinski definition) is 3. The van der Waals surface area contributed by atoms with E-state index in [9.17, 15) is 13.2 Å². The third-order valence-electron chi connectivity index (χ3n) is 2.73. The van der Waals surface area contributed by atoms with Gasteiger partial charge >= 0.3 is 6.18 Å². The molecule has 20 heavy (non-hydrogen) atoms. The van der Waals surface area contributed by atoms with Crippen molar-refractivity contribution in [1.29, 1.82) is 5.26 Å². The van der Waals surface area contributed by atoms with Gasteiger partial charge in [0.05, 0.1) is 19.2 Å². The van der Waals surface area contributed by atoms with Crippen molar-refractivity contribution in [3.8, 4) is 11.8 Å². The standard InChI is InChI=1S/C14H17F3N2O/c1-3-6-19(10-14(15,16)17)9-11-4-5-13(20-2)12(7-11)8-18/h4-5,7H,3,6,9-10H2,1-2H3. The third kappa shape index (κ3) is 5.10. The average molecular weight is 286 g/mol. The molecule has 0 atom stereocenters. The molecule has 6 heteroatoms. The van der Waals surface area contributed by atoms with E-state index in [0.717, 1.165) is 0 Å². The van der Waals surface area contributed by atoms with Crippen molar-refractivity contribution in [3.63, 3.8) is 0 Å². The fourth-order valence-electron chi connectivity index (χ4n) is 1.98. The normalized spacial score (nSPS) is 11.4. The summed E-state index contributed by atoms with van der Waals surface area (Å²) in [5, 5.41) is 8.97. The fraction of sp³-hybridized carbons (Fsp3) is 0.500. The Morgan fingerprint density at radius 3 is 2.55 bits per heavy atom. The van der Waals surface area contributed by atoms with Crippen LogP contribution in [0.4, 0.5) is 13.2 Å². The van der Waals surface area contributed by atoms with Crippen LogP contribution in [0.3, 0.4) is 0 Å². The zero-order valence-electron chi connectivity index (χ0n) is 11.5. The molecule has 0 amide bonds. The van der Waals surface area contributed by atoms with Crippen molar-refractivity contribution in [2.75, 3.05) is 20.2 Å². The van der Waals surface area contributed by atoms with E-state index in [-0.39, 0.29) is 6.54 Å². The molecular weight excluding hydrogens is 269 g/mol. The number of alkyl halides is 3. The maximum Gasteiger partial charge on any atom is 0.401 e. The number of nitriles is 1. The summed E-state index contributed by atoms with van der Waals surface area (Å²) in [4.78, 5) is 1.32. The van der Waals surface area contributed by atoms with Crippen LogP contribution in [0, 0.1) is 11.3 Å². The highest BCUT2D eigenvalue weighted by molar-refractivity contribution is 5.45. The topological polar surface area (TPSA) is 36.3 Å². The molecule has 1 aromatic carbocycles. The minimum Gasteiger partial charge on any atom is -0.495 e. The van der Waals surface area contributed by atoms with Crippen LogP contribution in [-0.4, -0.2) is 31.3 Å². The molecule has 1 rings (SSSR count). The second-order valence-electron chi connectivity index (χ2n) is 4.47. The average Bonchev–Trinajstić information content (AvgIpc) is 2.37. The van der Waals surface area contributed by atoms with Crippen molar-refractivity contribution < 1.29 is 17.9 Å². The molecule has 0 aliphatic rings. The highest BCUT2D eigenvalue weighted by Crippen LogP contribution is 2.22. The minimum absolute atomic E-state index is 0.159. The Kier molecular flexibility index (Phi) is 5.83. The van der Waals surface area contributed by atoms with Crippen LogP contribution < -0.4 is 4.74 Å². The molecule has 0 aromatic heterocycles. The predicted molar refractivity (Wildman–Crippen MR) is 69.3 cm³/mol. The molecule has 0 saturated carbocycles. The molecule has 110 valence electrons. The number of halogens is 3. The summed E-state index contributed by atoms with van der Waals surface area (Å²) in [7, 11) is 1.45. The van der Waals surface area contributed by atoms with Crippen LogP contribution >= 0.6 is 0 Å². The second-order valence-corrected chi connectivity index (χ2v) is 4.47. The summed E-state index contributed by atoms with van der Waals surface area (Å²) in [5.74, 6) is 0.425. The molecular formula is C14H17F3N2O. The number of rotatable bonds is 6. The van der Waals surface area contributed by atoms with Gasteiger partial charge in [-0.05, 0) is 30.7 Å². The van der Waals surface area contributed by atoms with Gasteiger partial charge in [-0.3, -0.25) is 4.90 Å². The van der Waals surface area contributed by atoms with E-state index in [0.29, 0.717) is 29.8 Å². The van der Waals surface area contributed by atoms with Crippen molar-refractivity contribution in [2.45, 2.75) is 26.1 Å². The van der Waals surface area contributed by atoms with Gasteiger partial charge in [0, 0.05) is 6.54 Å². The molecule has 0 heterocycles. The summed E-state index contributed by atoms with van der Waals surface area (Å²) in [6, 6.07) is 6.82. The van der Waals surface area contributed by atoms with E-state index < -0.39 is 12.7 Å². The lowest BCUT2D eigenvalue weighted by Crippen LogP contribution is -2.34. The molecule has 0 radical (unpaired) electrons. The molecule has 0 saturated heterocycles. The van der Waals surface area contributed by atoms with Crippen LogP contribution in [0.25, 0.3) is 0 Å². The van der Waals surface area contributed by atoms with Gasteiger partial charge in [-0.15, -0.1) is 0 Å². The lowest BCUT2D eigenvalue weighted by atomic mass is 10.1. The molecule has 0 bridgehead atoms. The monoisotopic (exact) mass is 286 g/mol. The number of methoxy groups -OCH3 is 1. The first-order valence-electron chi connectivity index (χ1n) is 6.25. The Labute approximate surface area is 116 Å². The third-order valence-corrected chi connectivity index (χ3v) is 2.73. The molecule has 1 aromatic rings. The van der Waals surface area contributed by atoms with Gasteiger partial charge < -0.3 is 4.74 Å².